The second-order valence-corrected chi connectivity index (χ2v) is 7.21. The number of anilines is 1. The summed E-state index contributed by atoms with van der Waals surface area (Å²) in [7, 11) is 0. The molecule has 1 N–H and O–H groups in total. The summed E-state index contributed by atoms with van der Waals surface area (Å²) in [5.74, 6) is 1.03. The van der Waals surface area contributed by atoms with E-state index in [9.17, 15) is 14.9 Å². The van der Waals surface area contributed by atoms with Crippen molar-refractivity contribution in [2.45, 2.75) is 5.75 Å². The fourth-order valence-electron chi connectivity index (χ4n) is 2.21. The zero-order valence-corrected chi connectivity index (χ0v) is 15.3. The fourth-order valence-corrected chi connectivity index (χ4v) is 3.73. The standard InChI is InChI=1S/C18H15N3O3S2/c22-17(12-25-10-13-4-2-1-3-5-13)20-18-19-16(11-26-18)14-6-8-15(9-7-14)21(23)24/h1-9,11H,10,12H2,(H,19,20,22). The first-order valence-corrected chi connectivity index (χ1v) is 9.77. The number of aromatic nitrogens is 1. The number of thiazole rings is 1. The van der Waals surface area contributed by atoms with E-state index in [0.717, 1.165) is 11.3 Å². The van der Waals surface area contributed by atoms with Crippen LogP contribution in [-0.4, -0.2) is 21.6 Å². The highest BCUT2D eigenvalue weighted by Gasteiger charge is 2.10. The van der Waals surface area contributed by atoms with Crippen molar-refractivity contribution in [1.82, 2.24) is 4.98 Å². The van der Waals surface area contributed by atoms with Crippen molar-refractivity contribution >= 4 is 39.8 Å². The van der Waals surface area contributed by atoms with Crippen molar-refractivity contribution < 1.29 is 9.72 Å². The predicted octanol–water partition coefficient (Wildman–Crippen LogP) is 4.59. The van der Waals surface area contributed by atoms with Crippen LogP contribution in [-0.2, 0) is 10.5 Å². The highest BCUT2D eigenvalue weighted by atomic mass is 32.2. The molecule has 0 radical (unpaired) electrons. The van der Waals surface area contributed by atoms with Crippen LogP contribution in [0.1, 0.15) is 5.56 Å². The summed E-state index contributed by atoms with van der Waals surface area (Å²) in [6.07, 6.45) is 0. The first kappa shape index (κ1) is 18.1. The van der Waals surface area contributed by atoms with Gasteiger partial charge in [0.2, 0.25) is 5.91 Å². The van der Waals surface area contributed by atoms with E-state index in [1.54, 1.807) is 23.9 Å². The average Bonchev–Trinajstić information content (AvgIpc) is 3.11. The molecule has 6 nitrogen and oxygen atoms in total. The van der Waals surface area contributed by atoms with Crippen molar-refractivity contribution in [2.24, 2.45) is 0 Å². The van der Waals surface area contributed by atoms with Crippen LogP contribution in [0.25, 0.3) is 11.3 Å². The van der Waals surface area contributed by atoms with Crippen molar-refractivity contribution in [3.8, 4) is 11.3 Å². The number of hydrogen-bond donors (Lipinski definition) is 1. The van der Waals surface area contributed by atoms with Gasteiger partial charge < -0.3 is 5.32 Å². The normalized spacial score (nSPS) is 10.5. The highest BCUT2D eigenvalue weighted by Crippen LogP contribution is 2.26. The van der Waals surface area contributed by atoms with Crippen molar-refractivity contribution in [3.63, 3.8) is 0 Å². The second kappa shape index (κ2) is 8.59. The lowest BCUT2D eigenvalue weighted by Gasteiger charge is -2.02. The molecule has 0 bridgehead atoms. The number of nitrogens with zero attached hydrogens (tertiary/aromatic N) is 2. The fraction of sp³-hybridized carbons (Fsp3) is 0.111. The largest absolute Gasteiger partial charge is 0.301 e. The Morgan fingerprint density at radius 3 is 2.58 bits per heavy atom. The monoisotopic (exact) mass is 385 g/mol. The molecule has 0 fully saturated rings. The van der Waals surface area contributed by atoms with Gasteiger partial charge in [-0.25, -0.2) is 4.98 Å². The van der Waals surface area contributed by atoms with E-state index in [1.807, 2.05) is 35.7 Å². The summed E-state index contributed by atoms with van der Waals surface area (Å²) < 4.78 is 0. The van der Waals surface area contributed by atoms with E-state index in [1.165, 1.54) is 29.0 Å². The third-order valence-electron chi connectivity index (χ3n) is 3.47. The molecule has 0 unspecified atom stereocenters. The molecule has 0 saturated carbocycles. The minimum Gasteiger partial charge on any atom is -0.301 e. The van der Waals surface area contributed by atoms with Gasteiger partial charge in [0, 0.05) is 28.8 Å². The Kier molecular flexibility index (Phi) is 5.98. The molecule has 0 saturated heterocycles. The van der Waals surface area contributed by atoms with E-state index in [0.29, 0.717) is 16.6 Å². The maximum Gasteiger partial charge on any atom is 0.269 e. The number of benzene rings is 2. The number of nitrogens with one attached hydrogen (secondary N) is 1. The van der Waals surface area contributed by atoms with Crippen LogP contribution in [0.3, 0.4) is 0 Å². The minimum atomic E-state index is -0.441. The number of carbonyl (C=O) groups excluding carboxylic acids is 1. The Morgan fingerprint density at radius 1 is 1.15 bits per heavy atom. The van der Waals surface area contributed by atoms with Gasteiger partial charge in [0.05, 0.1) is 16.4 Å². The Labute approximate surface area is 158 Å². The van der Waals surface area contributed by atoms with Crippen LogP contribution in [0, 0.1) is 10.1 Å². The molecule has 2 aromatic carbocycles. The molecule has 26 heavy (non-hydrogen) atoms. The first-order chi connectivity index (χ1) is 12.6. The van der Waals surface area contributed by atoms with Crippen molar-refractivity contribution in [1.29, 1.82) is 0 Å². The molecule has 1 aromatic heterocycles. The lowest BCUT2D eigenvalue weighted by atomic mass is 10.1. The lowest BCUT2D eigenvalue weighted by molar-refractivity contribution is -0.384. The van der Waals surface area contributed by atoms with Crippen molar-refractivity contribution in [3.05, 3.63) is 75.7 Å². The average molecular weight is 385 g/mol. The maximum absolute atomic E-state index is 12.0. The summed E-state index contributed by atoms with van der Waals surface area (Å²) in [6.45, 7) is 0. The van der Waals surface area contributed by atoms with Gasteiger partial charge in [0.25, 0.3) is 5.69 Å². The summed E-state index contributed by atoms with van der Waals surface area (Å²) in [5.41, 5.74) is 2.66. The Hall–Kier alpha value is -2.71. The molecule has 0 aliphatic rings. The van der Waals surface area contributed by atoms with E-state index >= 15 is 0 Å². The van der Waals surface area contributed by atoms with Gasteiger partial charge in [-0.3, -0.25) is 14.9 Å². The molecule has 3 aromatic rings. The number of nitro groups is 1. The lowest BCUT2D eigenvalue weighted by Crippen LogP contribution is -2.13. The van der Waals surface area contributed by atoms with E-state index in [-0.39, 0.29) is 11.6 Å². The first-order valence-electron chi connectivity index (χ1n) is 7.74. The maximum atomic E-state index is 12.0. The molecule has 0 aliphatic heterocycles. The van der Waals surface area contributed by atoms with Crippen LogP contribution < -0.4 is 5.32 Å². The topological polar surface area (TPSA) is 85.1 Å². The van der Waals surface area contributed by atoms with Gasteiger partial charge in [-0.2, -0.15) is 0 Å². The molecular formula is C18H15N3O3S2. The third kappa shape index (κ3) is 4.90. The van der Waals surface area contributed by atoms with Crippen LogP contribution in [0.5, 0.6) is 0 Å². The SMILES string of the molecule is O=C(CSCc1ccccc1)Nc1nc(-c2ccc([N+](=O)[O-])cc2)cs1. The van der Waals surface area contributed by atoms with E-state index in [4.69, 9.17) is 0 Å². The van der Waals surface area contributed by atoms with Gasteiger partial charge in [0.1, 0.15) is 0 Å². The van der Waals surface area contributed by atoms with Crippen LogP contribution in [0.15, 0.2) is 60.0 Å². The Bertz CT molecular complexity index is 896. The zero-order valence-electron chi connectivity index (χ0n) is 13.6. The third-order valence-corrected chi connectivity index (χ3v) is 5.23. The summed E-state index contributed by atoms with van der Waals surface area (Å²) in [5, 5.41) is 15.8. The molecule has 3 rings (SSSR count). The van der Waals surface area contributed by atoms with Crippen LogP contribution in [0.4, 0.5) is 10.8 Å². The molecule has 8 heteroatoms. The molecule has 1 heterocycles. The Morgan fingerprint density at radius 2 is 1.88 bits per heavy atom. The van der Waals surface area contributed by atoms with E-state index < -0.39 is 4.92 Å². The number of amides is 1. The minimum absolute atomic E-state index is 0.0351. The van der Waals surface area contributed by atoms with Crippen molar-refractivity contribution in [2.75, 3.05) is 11.1 Å². The predicted molar refractivity (Wildman–Crippen MR) is 105 cm³/mol. The summed E-state index contributed by atoms with van der Waals surface area (Å²) >= 11 is 2.87. The molecule has 0 atom stereocenters. The molecule has 0 aliphatic carbocycles. The molecule has 1 amide bonds. The molecule has 132 valence electrons. The quantitative estimate of drug-likeness (QED) is 0.475. The smallest absolute Gasteiger partial charge is 0.269 e. The van der Waals surface area contributed by atoms with Gasteiger partial charge >= 0.3 is 0 Å². The number of carbonyl (C=O) groups is 1. The number of hydrogen-bond acceptors (Lipinski definition) is 6. The number of non-ortho nitro benzene ring substituents is 1. The van der Waals surface area contributed by atoms with Crippen LogP contribution >= 0.6 is 23.1 Å². The number of nitro benzene ring substituents is 1. The van der Waals surface area contributed by atoms with Gasteiger partial charge in [-0.15, -0.1) is 23.1 Å². The molecule has 0 spiro atoms. The van der Waals surface area contributed by atoms with Crippen LogP contribution in [0.2, 0.25) is 0 Å². The Balaban J connectivity index is 1.52. The zero-order chi connectivity index (χ0) is 18.4. The van der Waals surface area contributed by atoms with Gasteiger partial charge in [0.15, 0.2) is 5.13 Å². The number of thioether (sulfide) groups is 1. The highest BCUT2D eigenvalue weighted by molar-refractivity contribution is 7.99. The van der Waals surface area contributed by atoms with Gasteiger partial charge in [-0.05, 0) is 17.7 Å². The van der Waals surface area contributed by atoms with Gasteiger partial charge in [-0.1, -0.05) is 30.3 Å². The number of rotatable bonds is 7. The second-order valence-electron chi connectivity index (χ2n) is 5.37. The van der Waals surface area contributed by atoms with E-state index in [2.05, 4.69) is 10.3 Å². The summed E-state index contributed by atoms with van der Waals surface area (Å²) in [4.78, 5) is 26.6. The molecular weight excluding hydrogens is 370 g/mol. The summed E-state index contributed by atoms with van der Waals surface area (Å²) in [6, 6.07) is 16.1.